The number of rotatable bonds is 3. The van der Waals surface area contributed by atoms with E-state index in [1.807, 2.05) is 24.3 Å². The van der Waals surface area contributed by atoms with E-state index in [1.165, 1.54) is 12.8 Å². The summed E-state index contributed by atoms with van der Waals surface area (Å²) < 4.78 is 2.22. The van der Waals surface area contributed by atoms with Crippen LogP contribution in [0, 0.1) is 0 Å². The van der Waals surface area contributed by atoms with E-state index >= 15 is 0 Å². The molecule has 144 valence electrons. The standard InChI is InChI=1S/C22H20N6O/c29-22(16-7-10-18-19(14-16)24-12-11-23-18)25-17-8-5-15(6-9-17)21-27-26-20-4-2-1-3-13-28(20)21/h5-12,14H,1-4,13H2,(H,25,29). The molecule has 1 aliphatic rings. The Balaban J connectivity index is 1.35. The molecule has 1 N–H and O–H groups in total. The zero-order valence-electron chi connectivity index (χ0n) is 15.9. The van der Waals surface area contributed by atoms with Crippen LogP contribution in [0.4, 0.5) is 5.69 Å². The van der Waals surface area contributed by atoms with Crippen molar-refractivity contribution < 1.29 is 4.79 Å². The molecule has 0 saturated heterocycles. The third-order valence-electron chi connectivity index (χ3n) is 5.24. The van der Waals surface area contributed by atoms with Crippen molar-refractivity contribution in [3.63, 3.8) is 0 Å². The minimum Gasteiger partial charge on any atom is -0.322 e. The Morgan fingerprint density at radius 1 is 0.897 bits per heavy atom. The van der Waals surface area contributed by atoms with Crippen molar-refractivity contribution in [1.82, 2.24) is 24.7 Å². The minimum atomic E-state index is -0.179. The van der Waals surface area contributed by atoms with Gasteiger partial charge in [-0.05, 0) is 55.3 Å². The summed E-state index contributed by atoms with van der Waals surface area (Å²) >= 11 is 0. The van der Waals surface area contributed by atoms with Crippen LogP contribution in [0.5, 0.6) is 0 Å². The summed E-state index contributed by atoms with van der Waals surface area (Å²) in [5, 5.41) is 11.7. The highest BCUT2D eigenvalue weighted by molar-refractivity contribution is 6.05. The van der Waals surface area contributed by atoms with E-state index in [-0.39, 0.29) is 5.91 Å². The Labute approximate surface area is 167 Å². The van der Waals surface area contributed by atoms with E-state index in [0.29, 0.717) is 11.1 Å². The number of carbonyl (C=O) groups is 1. The topological polar surface area (TPSA) is 85.6 Å². The third-order valence-corrected chi connectivity index (χ3v) is 5.24. The largest absolute Gasteiger partial charge is 0.322 e. The Kier molecular flexibility index (Phi) is 4.48. The molecule has 0 atom stereocenters. The molecular weight excluding hydrogens is 364 g/mol. The van der Waals surface area contributed by atoms with Crippen molar-refractivity contribution in [2.24, 2.45) is 0 Å². The molecule has 7 nitrogen and oxygen atoms in total. The molecule has 0 fully saturated rings. The molecule has 7 heteroatoms. The summed E-state index contributed by atoms with van der Waals surface area (Å²) in [6.07, 6.45) is 7.79. The first kappa shape index (κ1) is 17.5. The quantitative estimate of drug-likeness (QED) is 0.580. The summed E-state index contributed by atoms with van der Waals surface area (Å²) in [7, 11) is 0. The maximum atomic E-state index is 12.6. The first-order valence-corrected chi connectivity index (χ1v) is 9.82. The van der Waals surface area contributed by atoms with Crippen molar-refractivity contribution in [1.29, 1.82) is 0 Å². The third kappa shape index (κ3) is 3.47. The maximum Gasteiger partial charge on any atom is 0.255 e. The second kappa shape index (κ2) is 7.43. The van der Waals surface area contributed by atoms with Gasteiger partial charge >= 0.3 is 0 Å². The zero-order chi connectivity index (χ0) is 19.6. The number of hydrogen-bond donors (Lipinski definition) is 1. The summed E-state index contributed by atoms with van der Waals surface area (Å²) in [4.78, 5) is 21.1. The molecule has 2 aromatic carbocycles. The number of nitrogens with one attached hydrogen (secondary N) is 1. The van der Waals surface area contributed by atoms with Gasteiger partial charge in [-0.1, -0.05) is 6.42 Å². The van der Waals surface area contributed by atoms with Gasteiger partial charge in [0.15, 0.2) is 5.82 Å². The van der Waals surface area contributed by atoms with Gasteiger partial charge in [-0.2, -0.15) is 0 Å². The monoisotopic (exact) mass is 384 g/mol. The zero-order valence-corrected chi connectivity index (χ0v) is 15.9. The van der Waals surface area contributed by atoms with Gasteiger partial charge in [0.25, 0.3) is 5.91 Å². The van der Waals surface area contributed by atoms with Crippen molar-refractivity contribution >= 4 is 22.6 Å². The number of amides is 1. The van der Waals surface area contributed by atoms with E-state index in [2.05, 4.69) is 30.0 Å². The lowest BCUT2D eigenvalue weighted by atomic mass is 10.1. The number of anilines is 1. The molecule has 3 heterocycles. The minimum absolute atomic E-state index is 0.179. The highest BCUT2D eigenvalue weighted by Crippen LogP contribution is 2.24. The van der Waals surface area contributed by atoms with Crippen LogP contribution < -0.4 is 5.32 Å². The molecule has 0 unspecified atom stereocenters. The van der Waals surface area contributed by atoms with Crippen molar-refractivity contribution in [3.8, 4) is 11.4 Å². The van der Waals surface area contributed by atoms with Crippen LogP contribution in [-0.4, -0.2) is 30.6 Å². The molecule has 0 spiro atoms. The Bertz CT molecular complexity index is 1180. The van der Waals surface area contributed by atoms with Crippen LogP contribution in [0.2, 0.25) is 0 Å². The van der Waals surface area contributed by atoms with Crippen molar-refractivity contribution in [2.45, 2.75) is 32.2 Å². The molecule has 0 radical (unpaired) electrons. The Morgan fingerprint density at radius 3 is 2.59 bits per heavy atom. The second-order valence-corrected chi connectivity index (χ2v) is 7.19. The van der Waals surface area contributed by atoms with Gasteiger partial charge in [-0.15, -0.1) is 10.2 Å². The molecule has 1 aliphatic heterocycles. The lowest BCUT2D eigenvalue weighted by Crippen LogP contribution is -2.12. The number of aryl methyl sites for hydroxylation is 1. The molecule has 1 amide bonds. The first-order valence-electron chi connectivity index (χ1n) is 9.82. The molecule has 2 aromatic heterocycles. The van der Waals surface area contributed by atoms with Crippen LogP contribution in [0.3, 0.4) is 0 Å². The van der Waals surface area contributed by atoms with Gasteiger partial charge in [0.2, 0.25) is 0 Å². The highest BCUT2D eigenvalue weighted by Gasteiger charge is 2.16. The lowest BCUT2D eigenvalue weighted by Gasteiger charge is -2.09. The van der Waals surface area contributed by atoms with Gasteiger partial charge in [0.05, 0.1) is 11.0 Å². The van der Waals surface area contributed by atoms with Crippen LogP contribution in [-0.2, 0) is 13.0 Å². The van der Waals surface area contributed by atoms with Crippen LogP contribution >= 0.6 is 0 Å². The number of aromatic nitrogens is 5. The average molecular weight is 384 g/mol. The second-order valence-electron chi connectivity index (χ2n) is 7.19. The summed E-state index contributed by atoms with van der Waals surface area (Å²) in [5.41, 5.74) is 3.74. The summed E-state index contributed by atoms with van der Waals surface area (Å²) in [6, 6.07) is 13.0. The van der Waals surface area contributed by atoms with Gasteiger partial charge in [0.1, 0.15) is 5.82 Å². The van der Waals surface area contributed by atoms with E-state index in [0.717, 1.165) is 47.8 Å². The van der Waals surface area contributed by atoms with Gasteiger partial charge in [-0.3, -0.25) is 14.8 Å². The molecule has 0 bridgehead atoms. The Hall–Kier alpha value is -3.61. The number of fused-ring (bicyclic) bond motifs is 2. The fourth-order valence-electron chi connectivity index (χ4n) is 3.71. The molecule has 0 aliphatic carbocycles. The van der Waals surface area contributed by atoms with Crippen molar-refractivity contribution in [2.75, 3.05) is 5.32 Å². The van der Waals surface area contributed by atoms with E-state index in [9.17, 15) is 4.79 Å². The highest BCUT2D eigenvalue weighted by atomic mass is 16.1. The molecule has 4 aromatic rings. The smallest absolute Gasteiger partial charge is 0.255 e. The normalized spacial score (nSPS) is 13.7. The Morgan fingerprint density at radius 2 is 1.72 bits per heavy atom. The predicted molar refractivity (Wildman–Crippen MR) is 111 cm³/mol. The van der Waals surface area contributed by atoms with Gasteiger partial charge in [0, 0.05) is 42.2 Å². The van der Waals surface area contributed by atoms with E-state index in [1.54, 1.807) is 30.6 Å². The fourth-order valence-corrected chi connectivity index (χ4v) is 3.71. The maximum absolute atomic E-state index is 12.6. The van der Waals surface area contributed by atoms with Gasteiger partial charge < -0.3 is 9.88 Å². The number of hydrogen-bond acceptors (Lipinski definition) is 5. The summed E-state index contributed by atoms with van der Waals surface area (Å²) in [5.74, 6) is 1.78. The fraction of sp³-hybridized carbons (Fsp3) is 0.227. The SMILES string of the molecule is O=C(Nc1ccc(-c2nnc3n2CCCCC3)cc1)c1ccc2nccnc2c1. The van der Waals surface area contributed by atoms with Crippen LogP contribution in [0.1, 0.15) is 35.4 Å². The van der Waals surface area contributed by atoms with Crippen LogP contribution in [0.15, 0.2) is 54.9 Å². The predicted octanol–water partition coefficient (Wildman–Crippen LogP) is 3.87. The molecule has 29 heavy (non-hydrogen) atoms. The van der Waals surface area contributed by atoms with Gasteiger partial charge in [-0.25, -0.2) is 0 Å². The molecular formula is C22H20N6O. The number of carbonyl (C=O) groups excluding carboxylic acids is 1. The number of nitrogens with zero attached hydrogens (tertiary/aromatic N) is 5. The molecule has 0 saturated carbocycles. The first-order chi connectivity index (χ1) is 14.3. The van der Waals surface area contributed by atoms with Crippen LogP contribution in [0.25, 0.3) is 22.4 Å². The average Bonchev–Trinajstić information content (AvgIpc) is 3.02. The molecule has 5 rings (SSSR count). The lowest BCUT2D eigenvalue weighted by molar-refractivity contribution is 0.102. The number of benzene rings is 2. The van der Waals surface area contributed by atoms with Crippen molar-refractivity contribution in [3.05, 3.63) is 66.2 Å². The van der Waals surface area contributed by atoms with E-state index in [4.69, 9.17) is 0 Å². The summed E-state index contributed by atoms with van der Waals surface area (Å²) in [6.45, 7) is 0.959. The van der Waals surface area contributed by atoms with E-state index < -0.39 is 0 Å².